The number of nitrogens with two attached hydrogens (primary N) is 1. The van der Waals surface area contributed by atoms with Gasteiger partial charge in [0.25, 0.3) is 0 Å². The molecule has 2 unspecified atom stereocenters. The second kappa shape index (κ2) is 12.3. The van der Waals surface area contributed by atoms with E-state index < -0.39 is 40.2 Å². The topological polar surface area (TPSA) is 151 Å². The number of carboxylic acids is 1. The minimum Gasteiger partial charge on any atom is -0.480 e. The predicted molar refractivity (Wildman–Crippen MR) is 162 cm³/mol. The minimum atomic E-state index is -4.93. The zero-order valence-electron chi connectivity index (χ0n) is 24.4. The van der Waals surface area contributed by atoms with Crippen molar-refractivity contribution in [3.05, 3.63) is 59.1 Å². The van der Waals surface area contributed by atoms with Crippen LogP contribution in [0.2, 0.25) is 5.02 Å². The first kappa shape index (κ1) is 32.7. The van der Waals surface area contributed by atoms with E-state index in [0.29, 0.717) is 38.9 Å². The summed E-state index contributed by atoms with van der Waals surface area (Å²) < 4.78 is 76.1. The summed E-state index contributed by atoms with van der Waals surface area (Å²) in [5, 5.41) is 12.5. The van der Waals surface area contributed by atoms with Crippen molar-refractivity contribution in [2.75, 3.05) is 44.4 Å². The lowest BCUT2D eigenvalue weighted by molar-refractivity contribution is -0.198. The highest BCUT2D eigenvalue weighted by molar-refractivity contribution is 7.89. The average molecular weight is 669 g/mol. The Bertz CT molecular complexity index is 1700. The Morgan fingerprint density at radius 3 is 2.51 bits per heavy atom. The Hall–Kier alpha value is -3.66. The third-order valence-electron chi connectivity index (χ3n) is 8.27. The van der Waals surface area contributed by atoms with Gasteiger partial charge in [-0.05, 0) is 60.1 Å². The highest BCUT2D eigenvalue weighted by Gasteiger charge is 2.46. The van der Waals surface area contributed by atoms with Crippen LogP contribution >= 0.6 is 11.6 Å². The van der Waals surface area contributed by atoms with Crippen LogP contribution in [0.1, 0.15) is 30.9 Å². The van der Waals surface area contributed by atoms with Crippen LogP contribution in [0.3, 0.4) is 0 Å². The Labute approximate surface area is 263 Å². The molecule has 242 valence electrons. The standard InChI is InChI=1S/C29H32ClF3N6O5S/c1-38(2)45(42,43)19-5-3-4-17(12-19)21-13-18(30)6-7-20(21)25(29(31,32)33)44-24-14-23(36-27(34)37-24)39-10-8-28(9-11-39)15-22(26(40)41)35-16-28/h3-7,12-14,22,25,35H,8-11,15-16H2,1-2H3,(H,40,41)(H2,34,36,37). The molecular formula is C29H32ClF3N6O5S. The number of nitrogen functional groups attached to an aromatic ring is 1. The predicted octanol–water partition coefficient (Wildman–Crippen LogP) is 4.35. The number of rotatable bonds is 8. The normalized spacial score (nSPS) is 19.2. The molecular weight excluding hydrogens is 637 g/mol. The smallest absolute Gasteiger partial charge is 0.429 e. The number of alkyl halides is 3. The Morgan fingerprint density at radius 2 is 1.89 bits per heavy atom. The Kier molecular flexibility index (Phi) is 8.92. The van der Waals surface area contributed by atoms with Crippen molar-refractivity contribution in [3.63, 3.8) is 0 Å². The summed E-state index contributed by atoms with van der Waals surface area (Å²) in [4.78, 5) is 21.3. The molecule has 3 heterocycles. The second-order valence-electron chi connectivity index (χ2n) is 11.5. The number of nitrogens with one attached hydrogen (secondary N) is 1. The van der Waals surface area contributed by atoms with Gasteiger partial charge in [0.1, 0.15) is 11.9 Å². The van der Waals surface area contributed by atoms with Crippen molar-refractivity contribution in [3.8, 4) is 17.0 Å². The molecule has 0 radical (unpaired) electrons. The van der Waals surface area contributed by atoms with Crippen molar-refractivity contribution in [1.82, 2.24) is 19.6 Å². The van der Waals surface area contributed by atoms with E-state index in [1.54, 1.807) is 0 Å². The van der Waals surface area contributed by atoms with Crippen LogP contribution < -0.4 is 20.7 Å². The summed E-state index contributed by atoms with van der Waals surface area (Å²) in [6.07, 6.45) is -5.64. The Morgan fingerprint density at radius 1 is 1.18 bits per heavy atom. The number of hydrogen-bond donors (Lipinski definition) is 3. The van der Waals surface area contributed by atoms with Crippen LogP contribution in [0.5, 0.6) is 5.88 Å². The van der Waals surface area contributed by atoms with E-state index in [1.165, 1.54) is 62.6 Å². The minimum absolute atomic E-state index is 0.0223. The zero-order chi connectivity index (χ0) is 32.7. The number of carbonyl (C=O) groups is 1. The van der Waals surface area contributed by atoms with Gasteiger partial charge in [-0.2, -0.15) is 23.1 Å². The lowest BCUT2D eigenvalue weighted by Gasteiger charge is -2.39. The summed E-state index contributed by atoms with van der Waals surface area (Å²) >= 11 is 6.20. The second-order valence-corrected chi connectivity index (χ2v) is 14.1. The van der Waals surface area contributed by atoms with Crippen LogP contribution in [-0.2, 0) is 14.8 Å². The fourth-order valence-electron chi connectivity index (χ4n) is 5.80. The molecule has 16 heteroatoms. The molecule has 0 amide bonds. The molecule has 1 aromatic heterocycles. The third kappa shape index (κ3) is 6.95. The molecule has 2 aromatic carbocycles. The number of benzene rings is 2. The number of piperidine rings is 1. The Balaban J connectivity index is 1.45. The van der Waals surface area contributed by atoms with Gasteiger partial charge in [-0.1, -0.05) is 29.8 Å². The van der Waals surface area contributed by atoms with Crippen molar-refractivity contribution in [2.45, 2.75) is 42.5 Å². The number of aromatic nitrogens is 2. The van der Waals surface area contributed by atoms with E-state index in [9.17, 15) is 31.5 Å². The lowest BCUT2D eigenvalue weighted by Crippen LogP contribution is -2.41. The van der Waals surface area contributed by atoms with Crippen LogP contribution in [0.25, 0.3) is 11.1 Å². The maximum absolute atomic E-state index is 14.7. The van der Waals surface area contributed by atoms with E-state index in [0.717, 1.165) is 4.31 Å². The molecule has 0 saturated carbocycles. The third-order valence-corrected chi connectivity index (χ3v) is 10.3. The van der Waals surface area contributed by atoms with Gasteiger partial charge in [0.15, 0.2) is 0 Å². The first-order valence-corrected chi connectivity index (χ1v) is 15.8. The molecule has 5 rings (SSSR count). The molecule has 2 aliphatic rings. The van der Waals surface area contributed by atoms with Crippen molar-refractivity contribution in [2.24, 2.45) is 5.41 Å². The quantitative estimate of drug-likeness (QED) is 0.316. The van der Waals surface area contributed by atoms with Gasteiger partial charge in [-0.25, -0.2) is 12.7 Å². The highest BCUT2D eigenvalue weighted by Crippen LogP contribution is 2.43. The summed E-state index contributed by atoms with van der Waals surface area (Å²) in [5.41, 5.74) is 5.62. The van der Waals surface area contributed by atoms with Gasteiger partial charge in [0, 0.05) is 50.4 Å². The van der Waals surface area contributed by atoms with E-state index in [-0.39, 0.29) is 43.8 Å². The molecule has 11 nitrogen and oxygen atoms in total. The summed E-state index contributed by atoms with van der Waals surface area (Å²) in [5.74, 6) is -1.30. The maximum atomic E-state index is 14.7. The monoisotopic (exact) mass is 668 g/mol. The van der Waals surface area contributed by atoms with Crippen molar-refractivity contribution >= 4 is 39.4 Å². The molecule has 0 aliphatic carbocycles. The van der Waals surface area contributed by atoms with E-state index in [4.69, 9.17) is 22.1 Å². The largest absolute Gasteiger partial charge is 0.480 e. The van der Waals surface area contributed by atoms with Crippen LogP contribution in [-0.4, -0.2) is 79.7 Å². The number of ether oxygens (including phenoxy) is 1. The fourth-order valence-corrected chi connectivity index (χ4v) is 6.92. The van der Waals surface area contributed by atoms with Crippen LogP contribution in [0, 0.1) is 5.41 Å². The number of aliphatic carboxylic acids is 1. The number of sulfonamides is 1. The van der Waals surface area contributed by atoms with Gasteiger partial charge < -0.3 is 25.8 Å². The van der Waals surface area contributed by atoms with E-state index >= 15 is 0 Å². The molecule has 2 atom stereocenters. The molecule has 2 fully saturated rings. The lowest BCUT2D eigenvalue weighted by atomic mass is 9.76. The average Bonchev–Trinajstić information content (AvgIpc) is 3.39. The molecule has 1 spiro atoms. The molecule has 2 saturated heterocycles. The SMILES string of the molecule is CN(C)S(=O)(=O)c1cccc(-c2cc(Cl)ccc2C(Oc2cc(N3CCC4(CC3)CNC(C(=O)O)C4)nc(N)n2)C(F)(F)F)c1. The molecule has 3 aromatic rings. The van der Waals surface area contributed by atoms with Crippen molar-refractivity contribution < 1.29 is 36.2 Å². The summed E-state index contributed by atoms with van der Waals surface area (Å²) in [7, 11) is -1.18. The number of carboxylic acid groups (broad SMARTS) is 1. The van der Waals surface area contributed by atoms with Gasteiger partial charge in [0.2, 0.25) is 28.0 Å². The van der Waals surface area contributed by atoms with Crippen LogP contribution in [0.15, 0.2) is 53.4 Å². The van der Waals surface area contributed by atoms with Gasteiger partial charge in [-0.15, -0.1) is 0 Å². The van der Waals surface area contributed by atoms with Gasteiger partial charge in [-0.3, -0.25) is 4.79 Å². The molecule has 45 heavy (non-hydrogen) atoms. The van der Waals surface area contributed by atoms with Gasteiger partial charge in [0.05, 0.1) is 4.90 Å². The summed E-state index contributed by atoms with van der Waals surface area (Å²) in [6, 6.07) is 10.0. The number of halogens is 4. The first-order valence-electron chi connectivity index (χ1n) is 14.0. The summed E-state index contributed by atoms with van der Waals surface area (Å²) in [6.45, 7) is 1.54. The molecule has 4 N–H and O–H groups in total. The number of nitrogens with zero attached hydrogens (tertiary/aromatic N) is 4. The first-order chi connectivity index (χ1) is 21.1. The number of hydrogen-bond acceptors (Lipinski definition) is 9. The molecule has 2 aliphatic heterocycles. The highest BCUT2D eigenvalue weighted by atomic mass is 35.5. The number of anilines is 2. The van der Waals surface area contributed by atoms with Gasteiger partial charge >= 0.3 is 12.1 Å². The molecule has 0 bridgehead atoms. The van der Waals surface area contributed by atoms with Crippen molar-refractivity contribution in [1.29, 1.82) is 0 Å². The zero-order valence-corrected chi connectivity index (χ0v) is 26.0. The fraction of sp³-hybridized carbons (Fsp3) is 0.414. The maximum Gasteiger partial charge on any atom is 0.429 e. The van der Waals surface area contributed by atoms with E-state index in [2.05, 4.69) is 15.3 Å². The van der Waals surface area contributed by atoms with E-state index in [1.807, 2.05) is 4.90 Å². The van der Waals surface area contributed by atoms with Crippen LogP contribution in [0.4, 0.5) is 24.9 Å².